The lowest BCUT2D eigenvalue weighted by atomic mass is 10.0. The molecule has 2 heterocycles. The number of rotatable bonds is 5. The highest BCUT2D eigenvalue weighted by molar-refractivity contribution is 7.05. The van der Waals surface area contributed by atoms with Crippen LogP contribution in [0.1, 0.15) is 36.0 Å². The first-order chi connectivity index (χ1) is 11.5. The molecule has 0 amide bonds. The van der Waals surface area contributed by atoms with Crippen molar-refractivity contribution in [3.8, 4) is 5.75 Å². The van der Waals surface area contributed by atoms with Gasteiger partial charge in [-0.25, -0.2) is 0 Å². The minimum absolute atomic E-state index is 0.202. The SMILES string of the molecule is Cc1cc(C(c2ccc(OC(C)C)cc2)N2CCN(C)CC2)sn1. The number of aryl methyl sites for hydroxylation is 1. The van der Waals surface area contributed by atoms with Gasteiger partial charge in [-0.3, -0.25) is 4.90 Å². The molecule has 1 unspecified atom stereocenters. The van der Waals surface area contributed by atoms with Crippen molar-refractivity contribution in [1.82, 2.24) is 14.2 Å². The van der Waals surface area contributed by atoms with Gasteiger partial charge in [-0.15, -0.1) is 0 Å². The largest absolute Gasteiger partial charge is 0.491 e. The Morgan fingerprint density at radius 1 is 1.08 bits per heavy atom. The number of nitrogens with zero attached hydrogens (tertiary/aromatic N) is 3. The molecule has 0 bridgehead atoms. The first-order valence-corrected chi connectivity index (χ1v) is 9.42. The minimum atomic E-state index is 0.202. The van der Waals surface area contributed by atoms with E-state index in [1.165, 1.54) is 10.4 Å². The summed E-state index contributed by atoms with van der Waals surface area (Å²) in [5.74, 6) is 0.936. The summed E-state index contributed by atoms with van der Waals surface area (Å²) >= 11 is 1.63. The molecule has 130 valence electrons. The molecule has 0 N–H and O–H groups in total. The van der Waals surface area contributed by atoms with E-state index in [-0.39, 0.29) is 12.1 Å². The summed E-state index contributed by atoms with van der Waals surface area (Å²) in [5, 5.41) is 0. The Bertz CT molecular complexity index is 645. The van der Waals surface area contributed by atoms with E-state index in [2.05, 4.69) is 72.3 Å². The van der Waals surface area contributed by atoms with Gasteiger partial charge in [0.1, 0.15) is 5.75 Å². The maximum absolute atomic E-state index is 5.79. The lowest BCUT2D eigenvalue weighted by molar-refractivity contribution is 0.128. The maximum Gasteiger partial charge on any atom is 0.119 e. The first-order valence-electron chi connectivity index (χ1n) is 8.65. The highest BCUT2D eigenvalue weighted by Crippen LogP contribution is 2.33. The number of aromatic nitrogens is 1. The monoisotopic (exact) mass is 345 g/mol. The van der Waals surface area contributed by atoms with E-state index in [1.54, 1.807) is 11.5 Å². The summed E-state index contributed by atoms with van der Waals surface area (Å²) in [6, 6.07) is 11.1. The van der Waals surface area contributed by atoms with E-state index in [4.69, 9.17) is 4.74 Å². The first kappa shape index (κ1) is 17.4. The van der Waals surface area contributed by atoms with Crippen molar-refractivity contribution in [3.05, 3.63) is 46.5 Å². The lowest BCUT2D eigenvalue weighted by Crippen LogP contribution is -2.46. The fraction of sp³-hybridized carbons (Fsp3) is 0.526. The van der Waals surface area contributed by atoms with Crippen molar-refractivity contribution < 1.29 is 4.74 Å². The van der Waals surface area contributed by atoms with Gasteiger partial charge in [-0.2, -0.15) is 4.37 Å². The van der Waals surface area contributed by atoms with Gasteiger partial charge in [0.25, 0.3) is 0 Å². The molecular weight excluding hydrogens is 318 g/mol. The minimum Gasteiger partial charge on any atom is -0.491 e. The van der Waals surface area contributed by atoms with Gasteiger partial charge in [0.05, 0.1) is 17.8 Å². The van der Waals surface area contributed by atoms with Crippen LogP contribution in [0, 0.1) is 6.92 Å². The standard InChI is InChI=1S/C19H27N3OS/c1-14(2)23-17-7-5-16(6-8-17)19(18-13-15(3)20-24-18)22-11-9-21(4)10-12-22/h5-8,13-14,19H,9-12H2,1-4H3. The molecule has 1 aliphatic heterocycles. The predicted octanol–water partition coefficient (Wildman–Crippen LogP) is 3.58. The van der Waals surface area contributed by atoms with Crippen LogP contribution < -0.4 is 4.74 Å². The van der Waals surface area contributed by atoms with Crippen molar-refractivity contribution in [2.24, 2.45) is 0 Å². The number of hydrogen-bond donors (Lipinski definition) is 0. The Labute approximate surface area is 149 Å². The predicted molar refractivity (Wildman–Crippen MR) is 100.0 cm³/mol. The molecule has 1 aliphatic rings. The Hall–Kier alpha value is -1.43. The van der Waals surface area contributed by atoms with Crippen molar-refractivity contribution in [1.29, 1.82) is 0 Å². The molecule has 0 saturated carbocycles. The second-order valence-corrected chi connectivity index (χ2v) is 7.68. The number of hydrogen-bond acceptors (Lipinski definition) is 5. The summed E-state index contributed by atoms with van der Waals surface area (Å²) in [7, 11) is 2.20. The molecule has 1 saturated heterocycles. The second-order valence-electron chi connectivity index (χ2n) is 6.85. The van der Waals surface area contributed by atoms with Crippen LogP contribution in [-0.2, 0) is 0 Å². The van der Waals surface area contributed by atoms with Gasteiger partial charge >= 0.3 is 0 Å². The quantitative estimate of drug-likeness (QED) is 0.828. The maximum atomic E-state index is 5.79. The molecule has 0 aliphatic carbocycles. The van der Waals surface area contributed by atoms with Crippen LogP contribution in [0.15, 0.2) is 30.3 Å². The topological polar surface area (TPSA) is 28.6 Å². The second kappa shape index (κ2) is 7.64. The van der Waals surface area contributed by atoms with Crippen LogP contribution >= 0.6 is 11.5 Å². The number of benzene rings is 1. The molecule has 0 radical (unpaired) electrons. The van der Waals surface area contributed by atoms with Crippen LogP contribution in [0.2, 0.25) is 0 Å². The Morgan fingerprint density at radius 2 is 1.75 bits per heavy atom. The smallest absolute Gasteiger partial charge is 0.119 e. The molecule has 5 heteroatoms. The fourth-order valence-corrected chi connectivity index (χ4v) is 4.06. The van der Waals surface area contributed by atoms with Crippen molar-refractivity contribution in [2.75, 3.05) is 33.2 Å². The normalized spacial score (nSPS) is 18.0. The lowest BCUT2D eigenvalue weighted by Gasteiger charge is -2.37. The Balaban J connectivity index is 1.86. The zero-order valence-corrected chi connectivity index (χ0v) is 15.8. The number of ether oxygens (including phenoxy) is 1. The highest BCUT2D eigenvalue weighted by atomic mass is 32.1. The average molecular weight is 346 g/mol. The summed E-state index contributed by atoms with van der Waals surface area (Å²) < 4.78 is 10.3. The van der Waals surface area contributed by atoms with Crippen molar-refractivity contribution >= 4 is 11.5 Å². The molecule has 1 fully saturated rings. The van der Waals surface area contributed by atoms with Gasteiger partial charge in [0.2, 0.25) is 0 Å². The van der Waals surface area contributed by atoms with E-state index >= 15 is 0 Å². The van der Waals surface area contributed by atoms with Gasteiger partial charge < -0.3 is 9.64 Å². The molecule has 1 aromatic heterocycles. The van der Waals surface area contributed by atoms with Gasteiger partial charge in [0, 0.05) is 31.1 Å². The fourth-order valence-electron chi connectivity index (χ4n) is 3.15. The zero-order valence-electron chi connectivity index (χ0n) is 15.0. The molecule has 1 aromatic carbocycles. The molecule has 2 aromatic rings. The van der Waals surface area contributed by atoms with Crippen LogP contribution in [-0.4, -0.2) is 53.5 Å². The molecule has 0 spiro atoms. The van der Waals surface area contributed by atoms with Gasteiger partial charge in [-0.05, 0) is 63.1 Å². The molecule has 3 rings (SSSR count). The third kappa shape index (κ3) is 4.15. The summed E-state index contributed by atoms with van der Waals surface area (Å²) in [5.41, 5.74) is 2.42. The van der Waals surface area contributed by atoms with E-state index in [0.717, 1.165) is 37.6 Å². The van der Waals surface area contributed by atoms with Gasteiger partial charge in [0.15, 0.2) is 0 Å². The third-order valence-electron chi connectivity index (χ3n) is 4.39. The summed E-state index contributed by atoms with van der Waals surface area (Å²) in [6.07, 6.45) is 0.202. The average Bonchev–Trinajstić information content (AvgIpc) is 2.97. The molecule has 4 nitrogen and oxygen atoms in total. The van der Waals surface area contributed by atoms with Crippen LogP contribution in [0.25, 0.3) is 0 Å². The van der Waals surface area contributed by atoms with Crippen LogP contribution in [0.5, 0.6) is 5.75 Å². The zero-order chi connectivity index (χ0) is 17.1. The van der Waals surface area contributed by atoms with Gasteiger partial charge in [-0.1, -0.05) is 12.1 Å². The number of piperazine rings is 1. The number of likely N-dealkylation sites (N-methyl/N-ethyl adjacent to an activating group) is 1. The highest BCUT2D eigenvalue weighted by Gasteiger charge is 2.27. The van der Waals surface area contributed by atoms with Crippen molar-refractivity contribution in [2.45, 2.75) is 32.9 Å². The third-order valence-corrected chi connectivity index (χ3v) is 5.32. The van der Waals surface area contributed by atoms with Crippen LogP contribution in [0.3, 0.4) is 0 Å². The molecule has 24 heavy (non-hydrogen) atoms. The van der Waals surface area contributed by atoms with E-state index in [0.29, 0.717) is 0 Å². The van der Waals surface area contributed by atoms with E-state index in [9.17, 15) is 0 Å². The Morgan fingerprint density at radius 3 is 2.29 bits per heavy atom. The van der Waals surface area contributed by atoms with Crippen LogP contribution in [0.4, 0.5) is 0 Å². The van der Waals surface area contributed by atoms with Crippen molar-refractivity contribution in [3.63, 3.8) is 0 Å². The van der Waals surface area contributed by atoms with E-state index in [1.807, 2.05) is 0 Å². The van der Waals surface area contributed by atoms with E-state index < -0.39 is 0 Å². The summed E-state index contributed by atoms with van der Waals surface area (Å²) in [6.45, 7) is 10.6. The Kier molecular flexibility index (Phi) is 5.54. The molecular formula is C19H27N3OS. The molecule has 1 atom stereocenters. The summed E-state index contributed by atoms with van der Waals surface area (Å²) in [4.78, 5) is 6.30.